The molecule has 0 aliphatic carbocycles. The molecule has 0 amide bonds. The predicted molar refractivity (Wildman–Crippen MR) is 43.4 cm³/mol. The summed E-state index contributed by atoms with van der Waals surface area (Å²) in [5.41, 5.74) is 5.68. The van der Waals surface area contributed by atoms with E-state index in [0.717, 1.165) is 23.3 Å². The van der Waals surface area contributed by atoms with E-state index in [2.05, 4.69) is 13.8 Å². The van der Waals surface area contributed by atoms with Gasteiger partial charge in [0.05, 0.1) is 0 Å². The lowest BCUT2D eigenvalue weighted by Gasteiger charge is -2.14. The average Bonchev–Trinajstić information content (AvgIpc) is 1.87. The van der Waals surface area contributed by atoms with E-state index in [1.54, 1.807) is 0 Å². The Hall–Kier alpha value is 0.137. The Morgan fingerprint density at radius 2 is 2.22 bits per heavy atom. The SMILES string of the molecule is CCC(N)CC(C)O[SiH3]. The highest BCUT2D eigenvalue weighted by Gasteiger charge is 2.03. The number of rotatable bonds is 4. The summed E-state index contributed by atoms with van der Waals surface area (Å²) in [6, 6.07) is 0.328. The summed E-state index contributed by atoms with van der Waals surface area (Å²) >= 11 is 0. The predicted octanol–water partition coefficient (Wildman–Crippen LogP) is -0.201. The standard InChI is InChI=1S/C6H17NOSi/c1-3-6(7)4-5(2)8-9/h5-6H,3-4,7H2,1-2,9H3. The summed E-state index contributed by atoms with van der Waals surface area (Å²) in [4.78, 5) is 0. The van der Waals surface area contributed by atoms with Gasteiger partial charge < -0.3 is 10.2 Å². The van der Waals surface area contributed by atoms with Crippen LogP contribution in [0.5, 0.6) is 0 Å². The van der Waals surface area contributed by atoms with Crippen LogP contribution < -0.4 is 5.73 Å². The fourth-order valence-electron chi connectivity index (χ4n) is 0.689. The summed E-state index contributed by atoms with van der Waals surface area (Å²) in [5.74, 6) is 0. The third-order valence-electron chi connectivity index (χ3n) is 1.56. The van der Waals surface area contributed by atoms with E-state index < -0.39 is 0 Å². The molecule has 0 rings (SSSR count). The molecule has 0 aromatic heterocycles. The fraction of sp³-hybridized carbons (Fsp3) is 1.00. The molecule has 0 aromatic rings. The molecule has 2 atom stereocenters. The molecule has 0 saturated carbocycles. The minimum atomic E-state index is 0.328. The maximum Gasteiger partial charge on any atom is 0.146 e. The van der Waals surface area contributed by atoms with Gasteiger partial charge in [0.25, 0.3) is 0 Å². The van der Waals surface area contributed by atoms with Crippen LogP contribution in [0, 0.1) is 0 Å². The van der Waals surface area contributed by atoms with Crippen molar-refractivity contribution in [3.63, 3.8) is 0 Å². The van der Waals surface area contributed by atoms with Crippen LogP contribution in [-0.2, 0) is 4.43 Å². The van der Waals surface area contributed by atoms with Crippen molar-refractivity contribution in [3.05, 3.63) is 0 Å². The third-order valence-corrected chi connectivity index (χ3v) is 2.37. The van der Waals surface area contributed by atoms with Crippen molar-refractivity contribution in [1.82, 2.24) is 0 Å². The molecule has 2 unspecified atom stereocenters. The van der Waals surface area contributed by atoms with Crippen molar-refractivity contribution in [2.45, 2.75) is 38.8 Å². The lowest BCUT2D eigenvalue weighted by Crippen LogP contribution is -2.24. The van der Waals surface area contributed by atoms with Gasteiger partial charge in [0.1, 0.15) is 10.5 Å². The van der Waals surface area contributed by atoms with Gasteiger partial charge in [-0.1, -0.05) is 6.92 Å². The molecule has 0 spiro atoms. The Kier molecular flexibility index (Phi) is 5.04. The second kappa shape index (κ2) is 4.96. The normalized spacial score (nSPS) is 17.7. The zero-order valence-electron chi connectivity index (χ0n) is 6.55. The van der Waals surface area contributed by atoms with Crippen molar-refractivity contribution in [3.8, 4) is 0 Å². The van der Waals surface area contributed by atoms with Crippen molar-refractivity contribution < 1.29 is 4.43 Å². The average molecular weight is 147 g/mol. The monoisotopic (exact) mass is 147 g/mol. The summed E-state index contributed by atoms with van der Waals surface area (Å²) in [6.07, 6.45) is 2.42. The summed E-state index contributed by atoms with van der Waals surface area (Å²) < 4.78 is 5.18. The molecular formula is C6H17NOSi. The summed E-state index contributed by atoms with van der Waals surface area (Å²) in [7, 11) is 0.825. The first-order valence-corrected chi connectivity index (χ1v) is 4.30. The van der Waals surface area contributed by atoms with Crippen LogP contribution >= 0.6 is 0 Å². The topological polar surface area (TPSA) is 35.2 Å². The molecule has 0 saturated heterocycles. The first kappa shape index (κ1) is 9.14. The molecule has 2 nitrogen and oxygen atoms in total. The number of nitrogens with two attached hydrogens (primary N) is 1. The molecule has 0 aromatic carbocycles. The molecule has 2 N–H and O–H groups in total. The van der Waals surface area contributed by atoms with Crippen LogP contribution in [0.4, 0.5) is 0 Å². The number of hydrogen-bond acceptors (Lipinski definition) is 2. The molecule has 3 heteroatoms. The van der Waals surface area contributed by atoms with Gasteiger partial charge in [-0.15, -0.1) is 0 Å². The van der Waals surface area contributed by atoms with E-state index in [0.29, 0.717) is 12.1 Å². The van der Waals surface area contributed by atoms with Crippen molar-refractivity contribution >= 4 is 10.5 Å². The molecular weight excluding hydrogens is 130 g/mol. The Balaban J connectivity index is 3.22. The fourth-order valence-corrected chi connectivity index (χ4v) is 0.882. The highest BCUT2D eigenvalue weighted by molar-refractivity contribution is 5.98. The van der Waals surface area contributed by atoms with Gasteiger partial charge in [-0.05, 0) is 19.8 Å². The second-order valence-electron chi connectivity index (χ2n) is 2.45. The Labute approximate surface area is 60.3 Å². The molecule has 0 fully saturated rings. The van der Waals surface area contributed by atoms with Crippen LogP contribution in [0.25, 0.3) is 0 Å². The van der Waals surface area contributed by atoms with Crippen molar-refractivity contribution in [2.75, 3.05) is 0 Å². The molecule has 9 heavy (non-hydrogen) atoms. The van der Waals surface area contributed by atoms with E-state index in [-0.39, 0.29) is 0 Å². The van der Waals surface area contributed by atoms with Crippen LogP contribution in [-0.4, -0.2) is 22.6 Å². The van der Waals surface area contributed by atoms with Crippen LogP contribution in [0.1, 0.15) is 26.7 Å². The molecule has 0 aliphatic rings. The van der Waals surface area contributed by atoms with Crippen LogP contribution in [0.3, 0.4) is 0 Å². The summed E-state index contributed by atoms with van der Waals surface area (Å²) in [6.45, 7) is 4.17. The van der Waals surface area contributed by atoms with Crippen molar-refractivity contribution in [1.29, 1.82) is 0 Å². The zero-order valence-corrected chi connectivity index (χ0v) is 8.55. The molecule has 0 radical (unpaired) electrons. The quantitative estimate of drug-likeness (QED) is 0.559. The van der Waals surface area contributed by atoms with Gasteiger partial charge in [-0.2, -0.15) is 0 Å². The smallest absolute Gasteiger partial charge is 0.146 e. The highest BCUT2D eigenvalue weighted by atomic mass is 28.2. The minimum absolute atomic E-state index is 0.328. The first-order valence-electron chi connectivity index (χ1n) is 3.49. The van der Waals surface area contributed by atoms with E-state index in [1.165, 1.54) is 0 Å². The first-order chi connectivity index (χ1) is 4.20. The molecule has 0 bridgehead atoms. The van der Waals surface area contributed by atoms with Crippen LogP contribution in [0.15, 0.2) is 0 Å². The third kappa shape index (κ3) is 4.63. The lowest BCUT2D eigenvalue weighted by molar-refractivity contribution is 0.218. The maximum atomic E-state index is 5.68. The lowest BCUT2D eigenvalue weighted by atomic mass is 10.1. The van der Waals surface area contributed by atoms with Crippen LogP contribution in [0.2, 0.25) is 0 Å². The minimum Gasteiger partial charge on any atom is -0.425 e. The van der Waals surface area contributed by atoms with Gasteiger partial charge in [-0.3, -0.25) is 0 Å². The van der Waals surface area contributed by atoms with Gasteiger partial charge in [0.15, 0.2) is 0 Å². The number of hydrogen-bond donors (Lipinski definition) is 1. The second-order valence-corrected chi connectivity index (χ2v) is 2.92. The van der Waals surface area contributed by atoms with E-state index in [9.17, 15) is 0 Å². The van der Waals surface area contributed by atoms with Gasteiger partial charge in [0, 0.05) is 12.1 Å². The molecule has 56 valence electrons. The molecule has 0 aliphatic heterocycles. The van der Waals surface area contributed by atoms with E-state index in [4.69, 9.17) is 10.2 Å². The van der Waals surface area contributed by atoms with Gasteiger partial charge >= 0.3 is 0 Å². The molecule has 0 heterocycles. The van der Waals surface area contributed by atoms with Gasteiger partial charge in [0.2, 0.25) is 0 Å². The van der Waals surface area contributed by atoms with Crippen molar-refractivity contribution in [2.24, 2.45) is 5.73 Å². The Morgan fingerprint density at radius 3 is 2.56 bits per heavy atom. The Bertz CT molecular complexity index is 62.1. The van der Waals surface area contributed by atoms with E-state index in [1.807, 2.05) is 0 Å². The zero-order chi connectivity index (χ0) is 7.28. The van der Waals surface area contributed by atoms with Gasteiger partial charge in [-0.25, -0.2) is 0 Å². The summed E-state index contributed by atoms with van der Waals surface area (Å²) in [5, 5.41) is 0. The Morgan fingerprint density at radius 1 is 1.67 bits per heavy atom. The maximum absolute atomic E-state index is 5.68. The highest BCUT2D eigenvalue weighted by Crippen LogP contribution is 2.00. The largest absolute Gasteiger partial charge is 0.425 e. The van der Waals surface area contributed by atoms with E-state index >= 15 is 0 Å².